The van der Waals surface area contributed by atoms with Gasteiger partial charge in [0.1, 0.15) is 18.0 Å². The number of fused-ring (bicyclic) bond motifs is 1. The van der Waals surface area contributed by atoms with Crippen molar-refractivity contribution < 1.29 is 19.3 Å². The van der Waals surface area contributed by atoms with Crippen molar-refractivity contribution in [3.05, 3.63) is 46.6 Å². The molecule has 1 aliphatic heterocycles. The Balaban J connectivity index is 2.14. The lowest BCUT2D eigenvalue weighted by atomic mass is 10.1. The Morgan fingerprint density at radius 1 is 1.25 bits per heavy atom. The molecule has 0 amide bonds. The second-order valence-corrected chi connectivity index (χ2v) is 4.97. The van der Waals surface area contributed by atoms with Crippen LogP contribution in [-0.2, 0) is 4.74 Å². The number of aliphatic hydroxyl groups excluding tert-OH is 2. The molecule has 0 radical (unpaired) electrons. The molecule has 2 aromatic rings. The third kappa shape index (κ3) is 1.93. The molecule has 4 atom stereocenters. The third-order valence-electron chi connectivity index (χ3n) is 3.65. The number of aliphatic hydroxyl groups is 2. The molecule has 1 aromatic carbocycles. The highest BCUT2D eigenvalue weighted by molar-refractivity contribution is 5.81. The fourth-order valence-electron chi connectivity index (χ4n) is 2.48. The van der Waals surface area contributed by atoms with E-state index < -0.39 is 35.9 Å². The first kappa shape index (κ1) is 13.2. The number of hydrogen-bond donors (Lipinski definition) is 2. The molecule has 0 bridgehead atoms. The van der Waals surface area contributed by atoms with Gasteiger partial charge in [-0.15, -0.1) is 0 Å². The molecule has 106 valence electrons. The van der Waals surface area contributed by atoms with Gasteiger partial charge in [-0.05, 0) is 30.5 Å². The smallest absolute Gasteiger partial charge is 0.260 e. The molecule has 0 aliphatic carbocycles. The average molecular weight is 279 g/mol. The van der Waals surface area contributed by atoms with Crippen molar-refractivity contribution >= 4 is 10.8 Å². The van der Waals surface area contributed by atoms with Crippen molar-refractivity contribution in [3.8, 4) is 0 Å². The Morgan fingerprint density at radius 3 is 2.65 bits per heavy atom. The Bertz CT molecular complexity index is 714. The van der Waals surface area contributed by atoms with E-state index in [1.807, 2.05) is 0 Å². The molecule has 0 saturated carbocycles. The van der Waals surface area contributed by atoms with Gasteiger partial charge >= 0.3 is 0 Å². The summed E-state index contributed by atoms with van der Waals surface area (Å²) < 4.78 is 19.8. The highest BCUT2D eigenvalue weighted by Gasteiger charge is 2.41. The topological polar surface area (TPSA) is 71.7 Å². The van der Waals surface area contributed by atoms with Crippen LogP contribution in [-0.4, -0.2) is 33.1 Å². The number of halogens is 1. The number of benzene rings is 1. The Kier molecular flexibility index (Phi) is 3.08. The van der Waals surface area contributed by atoms with E-state index in [9.17, 15) is 19.4 Å². The molecule has 3 rings (SSSR count). The van der Waals surface area contributed by atoms with Gasteiger partial charge in [-0.25, -0.2) is 4.39 Å². The van der Waals surface area contributed by atoms with Crippen LogP contribution in [0.5, 0.6) is 0 Å². The van der Waals surface area contributed by atoms with Crippen molar-refractivity contribution in [3.63, 3.8) is 0 Å². The fourth-order valence-corrected chi connectivity index (χ4v) is 2.48. The predicted molar refractivity (Wildman–Crippen MR) is 69.8 cm³/mol. The summed E-state index contributed by atoms with van der Waals surface area (Å²) in [7, 11) is 0. The normalized spacial score (nSPS) is 30.0. The van der Waals surface area contributed by atoms with Gasteiger partial charge in [0, 0.05) is 6.20 Å². The van der Waals surface area contributed by atoms with Crippen LogP contribution in [0.2, 0.25) is 0 Å². The van der Waals surface area contributed by atoms with Crippen molar-refractivity contribution in [2.24, 2.45) is 0 Å². The number of rotatable bonds is 1. The monoisotopic (exact) mass is 279 g/mol. The first-order valence-corrected chi connectivity index (χ1v) is 6.31. The maximum absolute atomic E-state index is 13.3. The van der Waals surface area contributed by atoms with E-state index in [-0.39, 0.29) is 5.39 Å². The van der Waals surface area contributed by atoms with Crippen molar-refractivity contribution in [1.29, 1.82) is 0 Å². The SMILES string of the molecule is CC1OC(n2ccc3ccc(F)cc3c2=O)C(O)C1O. The van der Waals surface area contributed by atoms with Gasteiger partial charge in [-0.3, -0.25) is 9.36 Å². The summed E-state index contributed by atoms with van der Waals surface area (Å²) in [5.41, 5.74) is -0.465. The standard InChI is InChI=1S/C14H14FNO4/c1-7-11(17)12(18)14(20-7)16-5-4-8-2-3-9(15)6-10(8)13(16)19/h2-7,11-12,14,17-18H,1H3. The number of aromatic nitrogens is 1. The van der Waals surface area contributed by atoms with Crippen molar-refractivity contribution in [2.45, 2.75) is 31.5 Å². The summed E-state index contributed by atoms with van der Waals surface area (Å²) in [6.45, 7) is 1.61. The van der Waals surface area contributed by atoms with Crippen LogP contribution in [0.3, 0.4) is 0 Å². The van der Waals surface area contributed by atoms with Crippen LogP contribution in [0.25, 0.3) is 10.8 Å². The van der Waals surface area contributed by atoms with Gasteiger partial charge < -0.3 is 14.9 Å². The molecule has 5 nitrogen and oxygen atoms in total. The number of hydrogen-bond acceptors (Lipinski definition) is 4. The molecule has 0 spiro atoms. The highest BCUT2D eigenvalue weighted by Crippen LogP contribution is 2.28. The molecule has 2 N–H and O–H groups in total. The Labute approximate surface area is 113 Å². The predicted octanol–water partition coefficient (Wildman–Crippen LogP) is 0.780. The van der Waals surface area contributed by atoms with Gasteiger partial charge in [0.05, 0.1) is 11.5 Å². The molecule has 1 aliphatic rings. The van der Waals surface area contributed by atoms with E-state index in [1.165, 1.54) is 22.9 Å². The zero-order valence-corrected chi connectivity index (χ0v) is 10.7. The molecule has 1 aromatic heterocycles. The van der Waals surface area contributed by atoms with Crippen molar-refractivity contribution in [2.75, 3.05) is 0 Å². The third-order valence-corrected chi connectivity index (χ3v) is 3.65. The van der Waals surface area contributed by atoms with Crippen LogP contribution in [0, 0.1) is 5.82 Å². The number of pyridine rings is 1. The van der Waals surface area contributed by atoms with Gasteiger partial charge in [0.25, 0.3) is 5.56 Å². The first-order valence-electron chi connectivity index (χ1n) is 6.31. The van der Waals surface area contributed by atoms with E-state index in [2.05, 4.69) is 0 Å². The minimum atomic E-state index is -1.20. The van der Waals surface area contributed by atoms with Crippen LogP contribution in [0.15, 0.2) is 35.3 Å². The number of ether oxygens (including phenoxy) is 1. The lowest BCUT2D eigenvalue weighted by molar-refractivity contribution is -0.0339. The molecule has 6 heteroatoms. The highest BCUT2D eigenvalue weighted by atomic mass is 19.1. The maximum Gasteiger partial charge on any atom is 0.260 e. The second-order valence-electron chi connectivity index (χ2n) is 4.97. The molecule has 20 heavy (non-hydrogen) atoms. The molecule has 4 unspecified atom stereocenters. The minimum absolute atomic E-state index is 0.206. The quantitative estimate of drug-likeness (QED) is 0.809. The number of nitrogens with zero attached hydrogens (tertiary/aromatic N) is 1. The van der Waals surface area contributed by atoms with Gasteiger partial charge in [0.2, 0.25) is 0 Å². The molecule has 1 saturated heterocycles. The Hall–Kier alpha value is -1.76. The Morgan fingerprint density at radius 2 is 2.00 bits per heavy atom. The van der Waals surface area contributed by atoms with E-state index in [0.717, 1.165) is 6.07 Å². The lowest BCUT2D eigenvalue weighted by Gasteiger charge is -2.18. The molecule has 2 heterocycles. The van der Waals surface area contributed by atoms with Crippen LogP contribution < -0.4 is 5.56 Å². The molecular formula is C14H14FNO4. The summed E-state index contributed by atoms with van der Waals surface area (Å²) in [5.74, 6) is -0.506. The fraction of sp³-hybridized carbons (Fsp3) is 0.357. The van der Waals surface area contributed by atoms with E-state index in [0.29, 0.717) is 5.39 Å². The molecular weight excluding hydrogens is 265 g/mol. The van der Waals surface area contributed by atoms with Gasteiger partial charge in [0.15, 0.2) is 6.23 Å². The first-order chi connectivity index (χ1) is 9.49. The van der Waals surface area contributed by atoms with Crippen molar-refractivity contribution in [1.82, 2.24) is 4.57 Å². The maximum atomic E-state index is 13.3. The zero-order valence-electron chi connectivity index (χ0n) is 10.7. The summed E-state index contributed by atoms with van der Waals surface area (Å²) >= 11 is 0. The summed E-state index contributed by atoms with van der Waals surface area (Å²) in [6.07, 6.45) is -2.34. The molecule has 1 fully saturated rings. The lowest BCUT2D eigenvalue weighted by Crippen LogP contribution is -2.34. The average Bonchev–Trinajstić information content (AvgIpc) is 2.68. The van der Waals surface area contributed by atoms with Crippen LogP contribution >= 0.6 is 0 Å². The second kappa shape index (κ2) is 4.66. The van der Waals surface area contributed by atoms with E-state index in [4.69, 9.17) is 4.74 Å². The summed E-state index contributed by atoms with van der Waals surface area (Å²) in [4.78, 5) is 12.4. The van der Waals surface area contributed by atoms with Crippen LogP contribution in [0.1, 0.15) is 13.2 Å². The largest absolute Gasteiger partial charge is 0.388 e. The summed E-state index contributed by atoms with van der Waals surface area (Å²) in [5, 5.41) is 20.4. The van der Waals surface area contributed by atoms with Gasteiger partial charge in [-0.2, -0.15) is 0 Å². The summed E-state index contributed by atoms with van der Waals surface area (Å²) in [6, 6.07) is 5.58. The van der Waals surface area contributed by atoms with E-state index in [1.54, 1.807) is 13.0 Å². The minimum Gasteiger partial charge on any atom is -0.388 e. The van der Waals surface area contributed by atoms with Crippen LogP contribution in [0.4, 0.5) is 4.39 Å². The van der Waals surface area contributed by atoms with Gasteiger partial charge in [-0.1, -0.05) is 6.07 Å². The van der Waals surface area contributed by atoms with E-state index >= 15 is 0 Å². The zero-order chi connectivity index (χ0) is 14.4.